The Labute approximate surface area is 181 Å². The fourth-order valence-corrected chi connectivity index (χ4v) is 4.52. The van der Waals surface area contributed by atoms with E-state index in [-0.39, 0.29) is 5.91 Å². The summed E-state index contributed by atoms with van der Waals surface area (Å²) in [6.45, 7) is 5.17. The van der Waals surface area contributed by atoms with Crippen molar-refractivity contribution in [1.82, 2.24) is 14.5 Å². The van der Waals surface area contributed by atoms with Gasteiger partial charge >= 0.3 is 0 Å². The number of para-hydroxylation sites is 1. The lowest BCUT2D eigenvalue weighted by Gasteiger charge is -2.36. The molecule has 3 aromatic rings. The summed E-state index contributed by atoms with van der Waals surface area (Å²) in [5.41, 5.74) is 3.41. The van der Waals surface area contributed by atoms with Crippen molar-refractivity contribution in [2.45, 2.75) is 12.1 Å². The van der Waals surface area contributed by atoms with Gasteiger partial charge in [-0.15, -0.1) is 0 Å². The number of piperazine rings is 1. The molecule has 2 heterocycles. The Kier molecular flexibility index (Phi) is 6.28. The number of carbonyl (C=O) groups excluding carboxylic acids is 1. The summed E-state index contributed by atoms with van der Waals surface area (Å²) in [7, 11) is 1.68. The van der Waals surface area contributed by atoms with Crippen molar-refractivity contribution in [2.24, 2.45) is 0 Å². The molecule has 0 saturated carbocycles. The maximum atomic E-state index is 12.8. The van der Waals surface area contributed by atoms with Crippen LogP contribution in [0.15, 0.2) is 66.1 Å². The number of hydrogen-bond acceptors (Lipinski definition) is 5. The summed E-state index contributed by atoms with van der Waals surface area (Å²) in [4.78, 5) is 21.5. The fraction of sp³-hybridized carbons (Fsp3) is 0.304. The number of amides is 1. The average Bonchev–Trinajstić information content (AvgIpc) is 3.26. The molecule has 4 rings (SSSR count). The number of rotatable bonds is 6. The fourth-order valence-electron chi connectivity index (χ4n) is 3.65. The van der Waals surface area contributed by atoms with E-state index in [1.165, 1.54) is 17.3 Å². The second kappa shape index (κ2) is 9.26. The van der Waals surface area contributed by atoms with E-state index in [2.05, 4.69) is 35.0 Å². The minimum absolute atomic E-state index is 0.157. The van der Waals surface area contributed by atoms with E-state index in [9.17, 15) is 4.79 Å². The molecule has 0 radical (unpaired) electrons. The molecule has 30 heavy (non-hydrogen) atoms. The zero-order chi connectivity index (χ0) is 20.9. The monoisotopic (exact) mass is 422 g/mol. The van der Waals surface area contributed by atoms with E-state index in [0.717, 1.165) is 48.5 Å². The Morgan fingerprint density at radius 2 is 1.90 bits per heavy atom. The van der Waals surface area contributed by atoms with Gasteiger partial charge in [0.25, 0.3) is 0 Å². The third kappa shape index (κ3) is 4.46. The van der Waals surface area contributed by atoms with E-state index in [4.69, 9.17) is 4.74 Å². The van der Waals surface area contributed by atoms with Crippen molar-refractivity contribution < 1.29 is 9.53 Å². The van der Waals surface area contributed by atoms with Crippen LogP contribution in [0, 0.1) is 6.92 Å². The van der Waals surface area contributed by atoms with Crippen molar-refractivity contribution in [3.63, 3.8) is 0 Å². The van der Waals surface area contributed by atoms with E-state index >= 15 is 0 Å². The van der Waals surface area contributed by atoms with Gasteiger partial charge < -0.3 is 14.5 Å². The number of aryl methyl sites for hydroxylation is 1. The quantitative estimate of drug-likeness (QED) is 0.568. The van der Waals surface area contributed by atoms with Crippen LogP contribution < -0.4 is 9.64 Å². The summed E-state index contributed by atoms with van der Waals surface area (Å²) < 4.78 is 7.37. The van der Waals surface area contributed by atoms with E-state index in [0.29, 0.717) is 5.75 Å². The van der Waals surface area contributed by atoms with Gasteiger partial charge in [-0.25, -0.2) is 4.98 Å². The van der Waals surface area contributed by atoms with Crippen molar-refractivity contribution in [3.8, 4) is 11.4 Å². The SMILES string of the molecule is COc1cccc(N2CCN(C(=O)CSc3nccn3-c3ccccc3C)CC2)c1. The Hall–Kier alpha value is -2.93. The highest BCUT2D eigenvalue weighted by Crippen LogP contribution is 2.24. The molecule has 0 spiro atoms. The van der Waals surface area contributed by atoms with Crippen LogP contribution in [0.1, 0.15) is 5.56 Å². The van der Waals surface area contributed by atoms with Crippen molar-refractivity contribution in [1.29, 1.82) is 0 Å². The topological polar surface area (TPSA) is 50.6 Å². The number of benzene rings is 2. The molecule has 7 heteroatoms. The van der Waals surface area contributed by atoms with Crippen LogP contribution in [-0.2, 0) is 4.79 Å². The molecule has 6 nitrogen and oxygen atoms in total. The van der Waals surface area contributed by atoms with E-state index in [1.54, 1.807) is 13.3 Å². The summed E-state index contributed by atoms with van der Waals surface area (Å²) >= 11 is 1.49. The van der Waals surface area contributed by atoms with Crippen LogP contribution in [0.2, 0.25) is 0 Å². The third-order valence-electron chi connectivity index (χ3n) is 5.36. The molecule has 1 saturated heterocycles. The molecule has 1 fully saturated rings. The van der Waals surface area contributed by atoms with Crippen LogP contribution in [-0.4, -0.2) is 59.4 Å². The molecule has 1 aliphatic heterocycles. The predicted octanol–water partition coefficient (Wildman–Crippen LogP) is 3.63. The summed E-state index contributed by atoms with van der Waals surface area (Å²) in [6, 6.07) is 16.3. The maximum absolute atomic E-state index is 12.8. The number of aromatic nitrogens is 2. The number of methoxy groups -OCH3 is 1. The molecule has 1 aromatic heterocycles. The normalized spacial score (nSPS) is 14.1. The van der Waals surface area contributed by atoms with Gasteiger partial charge in [-0.2, -0.15) is 0 Å². The van der Waals surface area contributed by atoms with E-state index < -0.39 is 0 Å². The molecule has 1 aliphatic rings. The molecule has 0 aliphatic carbocycles. The van der Waals surface area contributed by atoms with Crippen LogP contribution in [0.25, 0.3) is 5.69 Å². The second-order valence-corrected chi connectivity index (χ2v) is 8.17. The Bertz CT molecular complexity index is 1010. The highest BCUT2D eigenvalue weighted by molar-refractivity contribution is 7.99. The smallest absolute Gasteiger partial charge is 0.233 e. The van der Waals surface area contributed by atoms with Crippen LogP contribution in [0.3, 0.4) is 0 Å². The van der Waals surface area contributed by atoms with E-state index in [1.807, 2.05) is 46.0 Å². The summed E-state index contributed by atoms with van der Waals surface area (Å²) in [5, 5.41) is 0.840. The zero-order valence-electron chi connectivity index (χ0n) is 17.3. The van der Waals surface area contributed by atoms with Crippen molar-refractivity contribution >= 4 is 23.4 Å². The van der Waals surface area contributed by atoms with Crippen molar-refractivity contribution in [3.05, 3.63) is 66.5 Å². The number of hydrogen-bond donors (Lipinski definition) is 0. The molecule has 2 aromatic carbocycles. The van der Waals surface area contributed by atoms with Crippen LogP contribution in [0.4, 0.5) is 5.69 Å². The number of carbonyl (C=O) groups is 1. The van der Waals surface area contributed by atoms with Gasteiger partial charge in [0.15, 0.2) is 5.16 Å². The van der Waals surface area contributed by atoms with Gasteiger partial charge in [-0.05, 0) is 30.7 Å². The summed E-state index contributed by atoms with van der Waals surface area (Å²) in [6.07, 6.45) is 3.73. The third-order valence-corrected chi connectivity index (χ3v) is 6.31. The zero-order valence-corrected chi connectivity index (χ0v) is 18.1. The van der Waals surface area contributed by atoms with Crippen LogP contribution in [0.5, 0.6) is 5.75 Å². The van der Waals surface area contributed by atoms with Crippen molar-refractivity contribution in [2.75, 3.05) is 43.9 Å². The first-order valence-electron chi connectivity index (χ1n) is 10.0. The largest absolute Gasteiger partial charge is 0.497 e. The standard InChI is InChI=1S/C23H26N4O2S/c1-18-6-3-4-9-21(18)27-11-10-24-23(27)30-17-22(28)26-14-12-25(13-15-26)19-7-5-8-20(16-19)29-2/h3-11,16H,12-15,17H2,1-2H3. The molecule has 0 atom stereocenters. The summed E-state index contributed by atoms with van der Waals surface area (Å²) in [5.74, 6) is 1.40. The van der Waals surface area contributed by atoms with Gasteiger partial charge in [0.05, 0.1) is 18.6 Å². The Morgan fingerprint density at radius 3 is 2.67 bits per heavy atom. The van der Waals surface area contributed by atoms with Gasteiger partial charge in [-0.3, -0.25) is 9.36 Å². The van der Waals surface area contributed by atoms with Gasteiger partial charge in [0.2, 0.25) is 5.91 Å². The highest BCUT2D eigenvalue weighted by Gasteiger charge is 2.22. The predicted molar refractivity (Wildman–Crippen MR) is 121 cm³/mol. The molecule has 0 unspecified atom stereocenters. The molecule has 0 N–H and O–H groups in total. The minimum atomic E-state index is 0.157. The highest BCUT2D eigenvalue weighted by atomic mass is 32.2. The Morgan fingerprint density at radius 1 is 1.10 bits per heavy atom. The lowest BCUT2D eigenvalue weighted by molar-refractivity contribution is -0.128. The van der Waals surface area contributed by atoms with Gasteiger partial charge in [0.1, 0.15) is 5.75 Å². The number of anilines is 1. The van der Waals surface area contributed by atoms with Crippen LogP contribution >= 0.6 is 11.8 Å². The molecule has 1 amide bonds. The number of nitrogens with zero attached hydrogens (tertiary/aromatic N) is 4. The number of imidazole rings is 1. The number of thioether (sulfide) groups is 1. The first-order valence-corrected chi connectivity index (χ1v) is 11.0. The Balaban J connectivity index is 1.33. The first kappa shape index (κ1) is 20.3. The molecule has 156 valence electrons. The first-order chi connectivity index (χ1) is 14.7. The molecule has 0 bridgehead atoms. The molecular weight excluding hydrogens is 396 g/mol. The lowest BCUT2D eigenvalue weighted by Crippen LogP contribution is -2.49. The average molecular weight is 423 g/mol. The molecular formula is C23H26N4O2S. The lowest BCUT2D eigenvalue weighted by atomic mass is 10.2. The van der Waals surface area contributed by atoms with Gasteiger partial charge in [0, 0.05) is 50.3 Å². The second-order valence-electron chi connectivity index (χ2n) is 7.22. The van der Waals surface area contributed by atoms with Gasteiger partial charge in [-0.1, -0.05) is 36.0 Å². The minimum Gasteiger partial charge on any atom is -0.497 e. The maximum Gasteiger partial charge on any atom is 0.233 e. The number of ether oxygens (including phenoxy) is 1.